The predicted molar refractivity (Wildman–Crippen MR) is 70.7 cm³/mol. The number of anilines is 1. The van der Waals surface area contributed by atoms with Gasteiger partial charge in [-0.2, -0.15) is 0 Å². The molecule has 18 heavy (non-hydrogen) atoms. The van der Waals surface area contributed by atoms with Gasteiger partial charge in [-0.05, 0) is 38.1 Å². The van der Waals surface area contributed by atoms with Crippen LogP contribution >= 0.6 is 15.9 Å². The van der Waals surface area contributed by atoms with Gasteiger partial charge in [-0.1, -0.05) is 15.9 Å². The second-order valence-electron chi connectivity index (χ2n) is 4.10. The average molecular weight is 316 g/mol. The van der Waals surface area contributed by atoms with Gasteiger partial charge in [0.1, 0.15) is 5.60 Å². The van der Waals surface area contributed by atoms with Crippen molar-refractivity contribution in [1.29, 1.82) is 0 Å². The molecule has 1 aromatic rings. The number of amides is 3. The molecule has 0 spiro atoms. The number of hydrazine groups is 1. The van der Waals surface area contributed by atoms with Crippen LogP contribution in [0.2, 0.25) is 0 Å². The van der Waals surface area contributed by atoms with Crippen molar-refractivity contribution in [3.8, 4) is 0 Å². The fourth-order valence-corrected chi connectivity index (χ4v) is 1.23. The number of hydrogen-bond donors (Lipinski definition) is 4. The maximum atomic E-state index is 11.4. The molecule has 0 atom stereocenters. The van der Waals surface area contributed by atoms with Crippen LogP contribution < -0.4 is 16.2 Å². The number of hydrogen-bond acceptors (Lipinski definition) is 3. The van der Waals surface area contributed by atoms with E-state index in [2.05, 4.69) is 32.1 Å². The van der Waals surface area contributed by atoms with E-state index in [4.69, 9.17) is 0 Å². The molecule has 0 aliphatic rings. The molecule has 4 N–H and O–H groups in total. The molecule has 0 radical (unpaired) electrons. The molecule has 1 rings (SSSR count). The van der Waals surface area contributed by atoms with Gasteiger partial charge < -0.3 is 10.4 Å². The Bertz CT molecular complexity index is 440. The monoisotopic (exact) mass is 315 g/mol. The summed E-state index contributed by atoms with van der Waals surface area (Å²) in [6.07, 6.45) is 0. The Labute approximate surface area is 113 Å². The van der Waals surface area contributed by atoms with E-state index in [0.29, 0.717) is 5.69 Å². The molecule has 0 bridgehead atoms. The maximum absolute atomic E-state index is 11.4. The number of carbonyl (C=O) groups excluding carboxylic acids is 2. The molecule has 0 aliphatic heterocycles. The van der Waals surface area contributed by atoms with Gasteiger partial charge in [0.05, 0.1) is 0 Å². The van der Waals surface area contributed by atoms with Crippen molar-refractivity contribution in [3.63, 3.8) is 0 Å². The second-order valence-corrected chi connectivity index (χ2v) is 5.01. The molecule has 1 aromatic carbocycles. The molecule has 0 saturated carbocycles. The molecule has 3 amide bonds. The first-order valence-corrected chi connectivity index (χ1v) is 5.94. The number of urea groups is 1. The first-order chi connectivity index (χ1) is 8.29. The Morgan fingerprint density at radius 2 is 1.72 bits per heavy atom. The van der Waals surface area contributed by atoms with Crippen molar-refractivity contribution < 1.29 is 14.7 Å². The number of aliphatic hydroxyl groups is 1. The van der Waals surface area contributed by atoms with Crippen molar-refractivity contribution in [2.45, 2.75) is 19.4 Å². The fraction of sp³-hybridized carbons (Fsp3) is 0.273. The van der Waals surface area contributed by atoms with Crippen molar-refractivity contribution in [1.82, 2.24) is 10.9 Å². The fourth-order valence-electron chi connectivity index (χ4n) is 0.962. The van der Waals surface area contributed by atoms with Crippen molar-refractivity contribution >= 4 is 33.6 Å². The molecule has 0 aliphatic carbocycles. The summed E-state index contributed by atoms with van der Waals surface area (Å²) in [6.45, 7) is 2.63. The zero-order valence-electron chi connectivity index (χ0n) is 9.95. The van der Waals surface area contributed by atoms with E-state index in [1.807, 2.05) is 0 Å². The smallest absolute Gasteiger partial charge is 0.337 e. The third-order valence-corrected chi connectivity index (χ3v) is 2.48. The van der Waals surface area contributed by atoms with Gasteiger partial charge in [-0.15, -0.1) is 0 Å². The van der Waals surface area contributed by atoms with Gasteiger partial charge in [0.2, 0.25) is 0 Å². The third kappa shape index (κ3) is 4.72. The second kappa shape index (κ2) is 5.83. The number of nitrogens with one attached hydrogen (secondary N) is 3. The lowest BCUT2D eigenvalue weighted by Gasteiger charge is -2.17. The maximum Gasteiger partial charge on any atom is 0.337 e. The lowest BCUT2D eigenvalue weighted by atomic mass is 10.1. The van der Waals surface area contributed by atoms with E-state index in [-0.39, 0.29) is 0 Å². The number of rotatable bonds is 2. The highest BCUT2D eigenvalue weighted by Gasteiger charge is 2.23. The molecule has 0 aromatic heterocycles. The van der Waals surface area contributed by atoms with E-state index in [9.17, 15) is 14.7 Å². The summed E-state index contributed by atoms with van der Waals surface area (Å²) in [5, 5.41) is 11.8. The molecule has 0 fully saturated rings. The largest absolute Gasteiger partial charge is 0.381 e. The highest BCUT2D eigenvalue weighted by molar-refractivity contribution is 9.10. The van der Waals surface area contributed by atoms with Crippen LogP contribution in [0.5, 0.6) is 0 Å². The normalized spacial score (nSPS) is 10.7. The van der Waals surface area contributed by atoms with E-state index >= 15 is 0 Å². The lowest BCUT2D eigenvalue weighted by molar-refractivity contribution is -0.137. The molecule has 0 unspecified atom stereocenters. The SMILES string of the molecule is CC(C)(O)C(=O)NNC(=O)Nc1ccc(Br)cc1. The zero-order chi connectivity index (χ0) is 13.8. The van der Waals surface area contributed by atoms with Crippen molar-refractivity contribution in [2.75, 3.05) is 5.32 Å². The molecule has 7 heteroatoms. The Morgan fingerprint density at radius 3 is 2.22 bits per heavy atom. The van der Waals surface area contributed by atoms with Gasteiger partial charge in [0.25, 0.3) is 5.91 Å². The van der Waals surface area contributed by atoms with Crippen LogP contribution in [-0.2, 0) is 4.79 Å². The summed E-state index contributed by atoms with van der Waals surface area (Å²) in [4.78, 5) is 22.7. The van der Waals surface area contributed by atoms with Crippen LogP contribution in [0.1, 0.15) is 13.8 Å². The van der Waals surface area contributed by atoms with Crippen LogP contribution in [0.4, 0.5) is 10.5 Å². The third-order valence-electron chi connectivity index (χ3n) is 1.95. The topological polar surface area (TPSA) is 90.5 Å². The Balaban J connectivity index is 2.43. The minimum absolute atomic E-state index is 0.577. The minimum atomic E-state index is -1.55. The standard InChI is InChI=1S/C11H14BrN3O3/c1-11(2,18)9(16)14-15-10(17)13-8-5-3-7(12)4-6-8/h3-6,18H,1-2H3,(H,14,16)(H2,13,15,17). The van der Waals surface area contributed by atoms with Crippen molar-refractivity contribution in [2.24, 2.45) is 0 Å². The summed E-state index contributed by atoms with van der Waals surface area (Å²) in [5.41, 5.74) is 3.25. The molecule has 6 nitrogen and oxygen atoms in total. The molecular weight excluding hydrogens is 302 g/mol. The number of benzene rings is 1. The van der Waals surface area contributed by atoms with Crippen LogP contribution in [-0.4, -0.2) is 22.6 Å². The number of halogens is 1. The predicted octanol–water partition coefficient (Wildman–Crippen LogP) is 1.37. The van der Waals surface area contributed by atoms with Gasteiger partial charge in [0, 0.05) is 10.2 Å². The summed E-state index contributed by atoms with van der Waals surface area (Å²) >= 11 is 3.27. The van der Waals surface area contributed by atoms with E-state index in [1.54, 1.807) is 24.3 Å². The zero-order valence-corrected chi connectivity index (χ0v) is 11.5. The number of carbonyl (C=O) groups is 2. The molecular formula is C11H14BrN3O3. The summed E-state index contributed by atoms with van der Waals surface area (Å²) < 4.78 is 0.892. The van der Waals surface area contributed by atoms with Crippen LogP contribution in [0.25, 0.3) is 0 Å². The first-order valence-electron chi connectivity index (χ1n) is 5.14. The Hall–Kier alpha value is -1.60. The van der Waals surface area contributed by atoms with Gasteiger partial charge >= 0.3 is 6.03 Å². The van der Waals surface area contributed by atoms with Crippen LogP contribution in [0, 0.1) is 0 Å². The minimum Gasteiger partial charge on any atom is -0.381 e. The van der Waals surface area contributed by atoms with Crippen LogP contribution in [0.3, 0.4) is 0 Å². The van der Waals surface area contributed by atoms with E-state index in [1.165, 1.54) is 13.8 Å². The Kier molecular flexibility index (Phi) is 4.69. The molecule has 98 valence electrons. The highest BCUT2D eigenvalue weighted by Crippen LogP contribution is 2.13. The highest BCUT2D eigenvalue weighted by atomic mass is 79.9. The average Bonchev–Trinajstić information content (AvgIpc) is 2.28. The van der Waals surface area contributed by atoms with Gasteiger partial charge in [-0.25, -0.2) is 10.2 Å². The van der Waals surface area contributed by atoms with Gasteiger partial charge in [-0.3, -0.25) is 10.2 Å². The summed E-state index contributed by atoms with van der Waals surface area (Å²) in [6, 6.07) is 6.33. The van der Waals surface area contributed by atoms with Gasteiger partial charge in [0.15, 0.2) is 0 Å². The first kappa shape index (κ1) is 14.5. The van der Waals surface area contributed by atoms with E-state index < -0.39 is 17.5 Å². The quantitative estimate of drug-likeness (QED) is 0.621. The van der Waals surface area contributed by atoms with Crippen molar-refractivity contribution in [3.05, 3.63) is 28.7 Å². The molecule has 0 saturated heterocycles. The van der Waals surface area contributed by atoms with Crippen LogP contribution in [0.15, 0.2) is 28.7 Å². The summed E-state index contributed by atoms with van der Waals surface area (Å²) in [7, 11) is 0. The lowest BCUT2D eigenvalue weighted by Crippen LogP contribution is -2.51. The van der Waals surface area contributed by atoms with E-state index in [0.717, 1.165) is 4.47 Å². The molecule has 0 heterocycles. The Morgan fingerprint density at radius 1 is 1.17 bits per heavy atom. The summed E-state index contributed by atoms with van der Waals surface area (Å²) in [5.74, 6) is -0.701.